The first-order valence-electron chi connectivity index (χ1n) is 8.76. The molecule has 140 valence electrons. The summed E-state index contributed by atoms with van der Waals surface area (Å²) in [6.07, 6.45) is 1.62. The topological polar surface area (TPSA) is 64.7 Å². The Bertz CT molecular complexity index is 1160. The molecule has 1 amide bonds. The van der Waals surface area contributed by atoms with Crippen molar-refractivity contribution in [1.29, 1.82) is 0 Å². The number of anilines is 1. The second-order valence-corrected chi connectivity index (χ2v) is 6.47. The van der Waals surface area contributed by atoms with Crippen molar-refractivity contribution < 1.29 is 9.18 Å². The molecule has 0 fully saturated rings. The number of amides is 1. The van der Waals surface area contributed by atoms with E-state index in [0.29, 0.717) is 11.4 Å². The molecule has 0 unspecified atom stereocenters. The second-order valence-electron chi connectivity index (χ2n) is 6.47. The zero-order valence-electron chi connectivity index (χ0n) is 15.4. The number of aryl methyl sites for hydroxylation is 2. The summed E-state index contributed by atoms with van der Waals surface area (Å²) in [6, 6.07) is 17.0. The highest BCUT2D eigenvalue weighted by Gasteiger charge is 2.12. The van der Waals surface area contributed by atoms with Crippen LogP contribution in [0.5, 0.6) is 0 Å². The van der Waals surface area contributed by atoms with E-state index in [1.165, 1.54) is 16.8 Å². The molecule has 0 radical (unpaired) electrons. The number of carbonyl (C=O) groups excluding carboxylic acids is 1. The van der Waals surface area contributed by atoms with Gasteiger partial charge in [0.25, 0.3) is 5.91 Å². The van der Waals surface area contributed by atoms with Gasteiger partial charge in [-0.2, -0.15) is 10.2 Å². The van der Waals surface area contributed by atoms with Gasteiger partial charge in [0.05, 0.1) is 17.1 Å². The number of benzene rings is 2. The van der Waals surface area contributed by atoms with Crippen molar-refractivity contribution in [3.05, 3.63) is 89.8 Å². The SMILES string of the molecule is Cc1cc(C)n(-c2cccc(NC(=O)c3ccn(-c4cccc(F)c4)n3)c2)n1. The van der Waals surface area contributed by atoms with Crippen LogP contribution in [0.15, 0.2) is 66.9 Å². The Kier molecular flexibility index (Phi) is 4.49. The largest absolute Gasteiger partial charge is 0.321 e. The lowest BCUT2D eigenvalue weighted by molar-refractivity contribution is 0.102. The number of hydrogen-bond donors (Lipinski definition) is 1. The van der Waals surface area contributed by atoms with E-state index in [4.69, 9.17) is 0 Å². The van der Waals surface area contributed by atoms with Gasteiger partial charge in [0.1, 0.15) is 5.82 Å². The molecular formula is C21H18FN5O. The van der Waals surface area contributed by atoms with Crippen LogP contribution in [0.1, 0.15) is 21.9 Å². The molecule has 6 nitrogen and oxygen atoms in total. The van der Waals surface area contributed by atoms with Crippen molar-refractivity contribution in [2.45, 2.75) is 13.8 Å². The summed E-state index contributed by atoms with van der Waals surface area (Å²) >= 11 is 0. The average molecular weight is 375 g/mol. The first-order chi connectivity index (χ1) is 13.5. The third-order valence-electron chi connectivity index (χ3n) is 4.25. The fraction of sp³-hybridized carbons (Fsp3) is 0.0952. The number of aromatic nitrogens is 4. The minimum absolute atomic E-state index is 0.237. The standard InChI is InChI=1S/C21H18FN5O/c1-14-11-15(2)27(24-14)19-8-4-6-17(13-19)23-21(28)20-9-10-26(25-20)18-7-3-5-16(22)12-18/h3-13H,1-2H3,(H,23,28). The Balaban J connectivity index is 1.55. The molecule has 2 aromatic carbocycles. The van der Waals surface area contributed by atoms with Crippen LogP contribution in [0.3, 0.4) is 0 Å². The summed E-state index contributed by atoms with van der Waals surface area (Å²) in [5, 5.41) is 11.5. The Labute approximate surface area is 161 Å². The molecule has 0 bridgehead atoms. The van der Waals surface area contributed by atoms with Crippen molar-refractivity contribution in [2.75, 3.05) is 5.32 Å². The lowest BCUT2D eigenvalue weighted by Gasteiger charge is -2.08. The first-order valence-corrected chi connectivity index (χ1v) is 8.76. The summed E-state index contributed by atoms with van der Waals surface area (Å²) < 4.78 is 16.7. The van der Waals surface area contributed by atoms with E-state index in [0.717, 1.165) is 17.1 Å². The Morgan fingerprint density at radius 3 is 2.50 bits per heavy atom. The van der Waals surface area contributed by atoms with Crippen molar-refractivity contribution >= 4 is 11.6 Å². The molecule has 0 aliphatic carbocycles. The van der Waals surface area contributed by atoms with Gasteiger partial charge in [-0.25, -0.2) is 13.8 Å². The molecule has 0 aliphatic heterocycles. The lowest BCUT2D eigenvalue weighted by Crippen LogP contribution is -2.13. The maximum atomic E-state index is 13.4. The van der Waals surface area contributed by atoms with Crippen LogP contribution in [0.4, 0.5) is 10.1 Å². The molecular weight excluding hydrogens is 357 g/mol. The molecule has 0 aliphatic rings. The van der Waals surface area contributed by atoms with E-state index in [1.807, 2.05) is 42.8 Å². The Hall–Kier alpha value is -3.74. The number of rotatable bonds is 4. The predicted octanol–water partition coefficient (Wildman–Crippen LogP) is 4.07. The summed E-state index contributed by atoms with van der Waals surface area (Å²) in [5.74, 6) is -0.708. The van der Waals surface area contributed by atoms with E-state index in [1.54, 1.807) is 30.5 Å². The van der Waals surface area contributed by atoms with E-state index < -0.39 is 0 Å². The normalized spacial score (nSPS) is 10.8. The van der Waals surface area contributed by atoms with Gasteiger partial charge in [-0.1, -0.05) is 12.1 Å². The van der Waals surface area contributed by atoms with Gasteiger partial charge in [0.15, 0.2) is 5.69 Å². The molecule has 0 atom stereocenters. The minimum Gasteiger partial charge on any atom is -0.321 e. The first kappa shape index (κ1) is 17.7. The molecule has 2 heterocycles. The highest BCUT2D eigenvalue weighted by molar-refractivity contribution is 6.02. The van der Waals surface area contributed by atoms with Crippen LogP contribution >= 0.6 is 0 Å². The van der Waals surface area contributed by atoms with Gasteiger partial charge in [-0.3, -0.25) is 4.79 Å². The quantitative estimate of drug-likeness (QED) is 0.585. The highest BCUT2D eigenvalue weighted by Crippen LogP contribution is 2.18. The highest BCUT2D eigenvalue weighted by atomic mass is 19.1. The van der Waals surface area contributed by atoms with Crippen LogP contribution in [-0.4, -0.2) is 25.5 Å². The molecule has 1 N–H and O–H groups in total. The maximum Gasteiger partial charge on any atom is 0.276 e. The molecule has 7 heteroatoms. The van der Waals surface area contributed by atoms with Crippen LogP contribution in [0, 0.1) is 19.7 Å². The number of nitrogens with one attached hydrogen (secondary N) is 1. The van der Waals surface area contributed by atoms with Crippen LogP contribution < -0.4 is 5.32 Å². The Morgan fingerprint density at radius 2 is 1.75 bits per heavy atom. The summed E-state index contributed by atoms with van der Waals surface area (Å²) in [4.78, 5) is 12.6. The molecule has 0 saturated carbocycles. The van der Waals surface area contributed by atoms with Gasteiger partial charge in [0, 0.05) is 17.6 Å². The number of halogens is 1. The van der Waals surface area contributed by atoms with E-state index in [9.17, 15) is 9.18 Å². The third kappa shape index (κ3) is 3.55. The van der Waals surface area contributed by atoms with E-state index in [-0.39, 0.29) is 17.4 Å². The zero-order chi connectivity index (χ0) is 19.7. The Morgan fingerprint density at radius 1 is 0.964 bits per heavy atom. The fourth-order valence-corrected chi connectivity index (χ4v) is 3.01. The minimum atomic E-state index is -0.361. The van der Waals surface area contributed by atoms with E-state index >= 15 is 0 Å². The van der Waals surface area contributed by atoms with E-state index in [2.05, 4.69) is 15.5 Å². The predicted molar refractivity (Wildman–Crippen MR) is 105 cm³/mol. The fourth-order valence-electron chi connectivity index (χ4n) is 3.01. The second kappa shape index (κ2) is 7.11. The number of hydrogen-bond acceptors (Lipinski definition) is 3. The van der Waals surface area contributed by atoms with Gasteiger partial charge < -0.3 is 5.32 Å². The molecule has 0 spiro atoms. The van der Waals surface area contributed by atoms with Crippen molar-refractivity contribution in [1.82, 2.24) is 19.6 Å². The number of carbonyl (C=O) groups is 1. The summed E-state index contributed by atoms with van der Waals surface area (Å²) in [5.41, 5.74) is 4.21. The lowest BCUT2D eigenvalue weighted by atomic mass is 10.2. The molecule has 0 saturated heterocycles. The number of nitrogens with zero attached hydrogens (tertiary/aromatic N) is 4. The van der Waals surface area contributed by atoms with Crippen molar-refractivity contribution in [2.24, 2.45) is 0 Å². The molecule has 2 aromatic heterocycles. The maximum absolute atomic E-state index is 13.4. The van der Waals surface area contributed by atoms with Gasteiger partial charge in [-0.15, -0.1) is 0 Å². The smallest absolute Gasteiger partial charge is 0.276 e. The van der Waals surface area contributed by atoms with Gasteiger partial charge in [0.2, 0.25) is 0 Å². The zero-order valence-corrected chi connectivity index (χ0v) is 15.4. The average Bonchev–Trinajstić information content (AvgIpc) is 3.28. The van der Waals surface area contributed by atoms with Gasteiger partial charge in [-0.05, 0) is 62.4 Å². The van der Waals surface area contributed by atoms with Gasteiger partial charge >= 0.3 is 0 Å². The molecule has 4 rings (SSSR count). The van der Waals surface area contributed by atoms with Crippen LogP contribution in [0.25, 0.3) is 11.4 Å². The molecule has 28 heavy (non-hydrogen) atoms. The molecule has 4 aromatic rings. The summed E-state index contributed by atoms with van der Waals surface area (Å²) in [6.45, 7) is 3.91. The monoisotopic (exact) mass is 375 g/mol. The van der Waals surface area contributed by atoms with Crippen LogP contribution in [0.2, 0.25) is 0 Å². The van der Waals surface area contributed by atoms with Crippen molar-refractivity contribution in [3.63, 3.8) is 0 Å². The van der Waals surface area contributed by atoms with Crippen LogP contribution in [-0.2, 0) is 0 Å². The summed E-state index contributed by atoms with van der Waals surface area (Å²) in [7, 11) is 0. The third-order valence-corrected chi connectivity index (χ3v) is 4.25. The van der Waals surface area contributed by atoms with Crippen molar-refractivity contribution in [3.8, 4) is 11.4 Å².